The van der Waals surface area contributed by atoms with Gasteiger partial charge < -0.3 is 14.6 Å². The molecule has 3 aromatic carbocycles. The third-order valence-corrected chi connectivity index (χ3v) is 7.94. The van der Waals surface area contributed by atoms with Gasteiger partial charge in [-0.15, -0.1) is 0 Å². The molecule has 2 atom stereocenters. The summed E-state index contributed by atoms with van der Waals surface area (Å²) in [5, 5.41) is 11.1. The molecule has 34 heavy (non-hydrogen) atoms. The van der Waals surface area contributed by atoms with Crippen molar-refractivity contribution in [2.24, 2.45) is 0 Å². The van der Waals surface area contributed by atoms with Crippen molar-refractivity contribution < 1.29 is 32.6 Å². The predicted octanol–water partition coefficient (Wildman–Crippen LogP) is 3.59. The third-order valence-electron chi connectivity index (χ3n) is 5.97. The number of aliphatic carboxylic acids is 1. The molecular weight excluding hydrogens is 458 g/mol. The minimum atomic E-state index is -4.28. The molecule has 8 nitrogen and oxygen atoms in total. The number of nitrogens with zero attached hydrogens (tertiary/aromatic N) is 1. The molecule has 4 rings (SSSR count). The van der Waals surface area contributed by atoms with Gasteiger partial charge in [0.15, 0.2) is 0 Å². The number of carboxylic acids is 1. The van der Waals surface area contributed by atoms with E-state index in [0.717, 1.165) is 9.87 Å². The summed E-state index contributed by atoms with van der Waals surface area (Å²) in [7, 11) is -4.28. The molecule has 1 fully saturated rings. The largest absolute Gasteiger partial charge is 0.480 e. The van der Waals surface area contributed by atoms with E-state index in [-0.39, 0.29) is 30.2 Å². The van der Waals surface area contributed by atoms with Crippen LogP contribution < -0.4 is 4.74 Å². The Hall–Kier alpha value is -3.27. The summed E-state index contributed by atoms with van der Waals surface area (Å²) in [5.41, 5.74) is -0.797. The number of hydrogen-bond acceptors (Lipinski definition) is 6. The van der Waals surface area contributed by atoms with Gasteiger partial charge in [0.25, 0.3) is 0 Å². The number of fused-ring (bicyclic) bond motifs is 1. The van der Waals surface area contributed by atoms with Crippen LogP contribution in [-0.2, 0) is 31.0 Å². The van der Waals surface area contributed by atoms with Gasteiger partial charge in [0.2, 0.25) is 10.0 Å². The summed E-state index contributed by atoms with van der Waals surface area (Å²) in [5.74, 6) is -1.76. The Labute approximate surface area is 197 Å². The van der Waals surface area contributed by atoms with Crippen LogP contribution in [0.5, 0.6) is 5.75 Å². The number of rotatable bonds is 7. The molecule has 1 saturated heterocycles. The molecule has 1 N–H and O–H groups in total. The van der Waals surface area contributed by atoms with E-state index in [9.17, 15) is 23.1 Å². The molecule has 0 aromatic heterocycles. The fraction of sp³-hybridized carbons (Fsp3) is 0.280. The van der Waals surface area contributed by atoms with Gasteiger partial charge in [-0.3, -0.25) is 9.59 Å². The number of carbonyl (C=O) groups excluding carboxylic acids is 1. The Morgan fingerprint density at radius 3 is 2.44 bits per heavy atom. The molecule has 0 radical (unpaired) electrons. The Morgan fingerprint density at radius 1 is 1.09 bits per heavy atom. The van der Waals surface area contributed by atoms with Crippen molar-refractivity contribution in [3.63, 3.8) is 0 Å². The van der Waals surface area contributed by atoms with Crippen LogP contribution in [0.2, 0.25) is 0 Å². The summed E-state index contributed by atoms with van der Waals surface area (Å²) in [4.78, 5) is 23.7. The maximum Gasteiger partial charge on any atom is 0.324 e. The molecule has 2 unspecified atom stereocenters. The second-order valence-corrected chi connectivity index (χ2v) is 10.3. The minimum absolute atomic E-state index is 0.00121. The van der Waals surface area contributed by atoms with E-state index < -0.39 is 33.6 Å². The topological polar surface area (TPSA) is 110 Å². The van der Waals surface area contributed by atoms with Crippen molar-refractivity contribution in [1.82, 2.24) is 4.31 Å². The maximum absolute atomic E-state index is 13.7. The number of sulfonamides is 1. The SMILES string of the molecule is CC(=O)Oc1cc(S(=O)(=O)N2CC(OCc3ccccc3)CC2(C)C(=O)O)cc2ccccc12. The average molecular weight is 484 g/mol. The van der Waals surface area contributed by atoms with Crippen molar-refractivity contribution in [1.29, 1.82) is 0 Å². The summed E-state index contributed by atoms with van der Waals surface area (Å²) in [6.45, 7) is 2.73. The highest BCUT2D eigenvalue weighted by Gasteiger charge is 2.54. The molecule has 1 heterocycles. The van der Waals surface area contributed by atoms with Gasteiger partial charge in [0.1, 0.15) is 11.3 Å². The van der Waals surface area contributed by atoms with Crippen molar-refractivity contribution in [2.75, 3.05) is 6.54 Å². The van der Waals surface area contributed by atoms with Gasteiger partial charge in [-0.2, -0.15) is 4.31 Å². The van der Waals surface area contributed by atoms with Crippen LogP contribution >= 0.6 is 0 Å². The van der Waals surface area contributed by atoms with Gasteiger partial charge in [0.05, 0.1) is 17.6 Å². The lowest BCUT2D eigenvalue weighted by molar-refractivity contribution is -0.146. The Balaban J connectivity index is 1.70. The highest BCUT2D eigenvalue weighted by Crippen LogP contribution is 2.39. The molecule has 178 valence electrons. The minimum Gasteiger partial charge on any atom is -0.480 e. The first-order valence-electron chi connectivity index (χ1n) is 10.7. The molecule has 0 aliphatic carbocycles. The second kappa shape index (κ2) is 9.17. The highest BCUT2D eigenvalue weighted by molar-refractivity contribution is 7.89. The van der Waals surface area contributed by atoms with Gasteiger partial charge in [-0.25, -0.2) is 8.42 Å². The molecular formula is C25H25NO7S. The van der Waals surface area contributed by atoms with E-state index in [4.69, 9.17) is 9.47 Å². The number of benzene rings is 3. The molecule has 0 saturated carbocycles. The summed E-state index contributed by atoms with van der Waals surface area (Å²) >= 11 is 0. The molecule has 1 aliphatic rings. The van der Waals surface area contributed by atoms with Crippen LogP contribution in [0.3, 0.4) is 0 Å². The van der Waals surface area contributed by atoms with E-state index in [0.29, 0.717) is 10.8 Å². The zero-order valence-electron chi connectivity index (χ0n) is 18.8. The zero-order valence-corrected chi connectivity index (χ0v) is 19.6. The Morgan fingerprint density at radius 2 is 1.76 bits per heavy atom. The van der Waals surface area contributed by atoms with E-state index in [1.807, 2.05) is 30.3 Å². The molecule has 9 heteroatoms. The lowest BCUT2D eigenvalue weighted by Gasteiger charge is -2.30. The number of esters is 1. The van der Waals surface area contributed by atoms with E-state index >= 15 is 0 Å². The van der Waals surface area contributed by atoms with Gasteiger partial charge in [-0.05, 0) is 23.9 Å². The van der Waals surface area contributed by atoms with Crippen molar-refractivity contribution >= 4 is 32.7 Å². The third kappa shape index (κ3) is 4.54. The van der Waals surface area contributed by atoms with Crippen LogP contribution in [-0.4, -0.2) is 48.0 Å². The van der Waals surface area contributed by atoms with Crippen LogP contribution in [0, 0.1) is 0 Å². The number of carbonyl (C=O) groups is 2. The first-order valence-corrected chi connectivity index (χ1v) is 12.2. The first kappa shape index (κ1) is 23.9. The van der Waals surface area contributed by atoms with Crippen molar-refractivity contribution in [3.8, 4) is 5.75 Å². The normalized spacial score (nSPS) is 20.9. The van der Waals surface area contributed by atoms with E-state index in [1.54, 1.807) is 24.3 Å². The first-order chi connectivity index (χ1) is 16.1. The van der Waals surface area contributed by atoms with Gasteiger partial charge in [-0.1, -0.05) is 54.6 Å². The quantitative estimate of drug-likeness (QED) is 0.404. The summed E-state index contributed by atoms with van der Waals surface area (Å²) in [6.07, 6.45) is -0.608. The molecule has 0 amide bonds. The van der Waals surface area contributed by atoms with Crippen molar-refractivity contribution in [2.45, 2.75) is 43.4 Å². The number of carboxylic acid groups (broad SMARTS) is 1. The Bertz CT molecular complexity index is 1340. The zero-order chi connectivity index (χ0) is 24.5. The van der Waals surface area contributed by atoms with Crippen LogP contribution in [0.1, 0.15) is 25.8 Å². The lowest BCUT2D eigenvalue weighted by atomic mass is 10.00. The monoisotopic (exact) mass is 483 g/mol. The van der Waals surface area contributed by atoms with Gasteiger partial charge >= 0.3 is 11.9 Å². The average Bonchev–Trinajstić information content (AvgIpc) is 3.17. The molecule has 1 aliphatic heterocycles. The van der Waals surface area contributed by atoms with E-state index in [2.05, 4.69) is 0 Å². The van der Waals surface area contributed by atoms with Crippen LogP contribution in [0.25, 0.3) is 10.8 Å². The highest BCUT2D eigenvalue weighted by atomic mass is 32.2. The second-order valence-electron chi connectivity index (χ2n) is 8.47. The Kier molecular flexibility index (Phi) is 6.44. The molecule has 0 spiro atoms. The van der Waals surface area contributed by atoms with Gasteiger partial charge in [0, 0.05) is 31.3 Å². The summed E-state index contributed by atoms with van der Waals surface area (Å²) < 4.78 is 39.6. The molecule has 3 aromatic rings. The number of ether oxygens (including phenoxy) is 2. The molecule has 0 bridgehead atoms. The van der Waals surface area contributed by atoms with E-state index in [1.165, 1.54) is 26.0 Å². The standard InChI is InChI=1S/C25H25NO7S/c1-17(27)33-23-13-21(12-19-10-6-7-11-22(19)23)34(30,31)26-15-20(14-25(26,2)24(28)29)32-16-18-8-4-3-5-9-18/h3-13,20H,14-16H2,1-2H3,(H,28,29). The summed E-state index contributed by atoms with van der Waals surface area (Å²) in [6, 6.07) is 19.0. The predicted molar refractivity (Wildman–Crippen MR) is 125 cm³/mol. The fourth-order valence-corrected chi connectivity index (χ4v) is 6.05. The number of hydrogen-bond donors (Lipinski definition) is 1. The van der Waals surface area contributed by atoms with Crippen molar-refractivity contribution in [3.05, 3.63) is 72.3 Å². The fourth-order valence-electron chi connectivity index (χ4n) is 4.22. The maximum atomic E-state index is 13.7. The smallest absolute Gasteiger partial charge is 0.324 e. The van der Waals surface area contributed by atoms with Crippen LogP contribution in [0.4, 0.5) is 0 Å². The lowest BCUT2D eigenvalue weighted by Crippen LogP contribution is -2.50. The van der Waals surface area contributed by atoms with Crippen LogP contribution in [0.15, 0.2) is 71.6 Å².